The van der Waals surface area contributed by atoms with E-state index in [1.165, 1.54) is 44.9 Å². The van der Waals surface area contributed by atoms with Crippen LogP contribution in [0.4, 0.5) is 0 Å². The maximum absolute atomic E-state index is 12.4. The van der Waals surface area contributed by atoms with Gasteiger partial charge in [-0.1, -0.05) is 123 Å². The number of unbranched alkanes of at least 4 members (excludes halogenated alkanes) is 12. The van der Waals surface area contributed by atoms with Gasteiger partial charge in [0.15, 0.2) is 5.79 Å². The van der Waals surface area contributed by atoms with E-state index in [1.807, 2.05) is 6.08 Å². The van der Waals surface area contributed by atoms with Gasteiger partial charge in [0.2, 0.25) is 0 Å². The summed E-state index contributed by atoms with van der Waals surface area (Å²) >= 11 is 0. The Morgan fingerprint density at radius 2 is 1.36 bits per heavy atom. The molecule has 0 amide bonds. The van der Waals surface area contributed by atoms with Gasteiger partial charge in [-0.3, -0.25) is 9.59 Å². The molecule has 0 radical (unpaired) electrons. The molecule has 7 heteroatoms. The SMILES string of the molecule is C=C=C=C=CC(CCCCC)CCOC(=O)CCCCCCCC1(CCCCCCCC(=O)OCCC(C)CCCCC)OCC(CCN(C)CC)O1. The molecule has 1 fully saturated rings. The first-order valence-electron chi connectivity index (χ1n) is 21.9. The summed E-state index contributed by atoms with van der Waals surface area (Å²) in [5.74, 6) is 0.358. The van der Waals surface area contributed by atoms with Crippen LogP contribution in [0.3, 0.4) is 0 Å². The smallest absolute Gasteiger partial charge is 0.305 e. The number of ether oxygens (including phenoxy) is 4. The molecular weight excluding hydrogens is 663 g/mol. The number of nitrogens with zero attached hydrogens (tertiary/aromatic N) is 1. The molecule has 1 heterocycles. The lowest BCUT2D eigenvalue weighted by molar-refractivity contribution is -0.180. The summed E-state index contributed by atoms with van der Waals surface area (Å²) in [7, 11) is 2.16. The van der Waals surface area contributed by atoms with Crippen molar-refractivity contribution in [1.29, 1.82) is 0 Å². The Bertz CT molecular complexity index is 1040. The second kappa shape index (κ2) is 33.3. The Labute approximate surface area is 326 Å². The van der Waals surface area contributed by atoms with E-state index >= 15 is 0 Å². The van der Waals surface area contributed by atoms with Crippen LogP contribution in [0, 0.1) is 11.8 Å². The van der Waals surface area contributed by atoms with Gasteiger partial charge in [-0.05, 0) is 95.2 Å². The third-order valence-corrected chi connectivity index (χ3v) is 10.7. The minimum Gasteiger partial charge on any atom is -0.466 e. The maximum Gasteiger partial charge on any atom is 0.305 e. The number of rotatable bonds is 35. The predicted octanol–water partition coefficient (Wildman–Crippen LogP) is 11.8. The maximum atomic E-state index is 12.4. The summed E-state index contributed by atoms with van der Waals surface area (Å²) in [4.78, 5) is 26.9. The number of carbonyl (C=O) groups excluding carboxylic acids is 2. The van der Waals surface area contributed by atoms with E-state index in [0.717, 1.165) is 116 Å². The summed E-state index contributed by atoms with van der Waals surface area (Å²) in [5.41, 5.74) is 8.39. The minimum absolute atomic E-state index is 0.0431. The Morgan fingerprint density at radius 3 is 1.94 bits per heavy atom. The van der Waals surface area contributed by atoms with Gasteiger partial charge in [-0.2, -0.15) is 0 Å². The highest BCUT2D eigenvalue weighted by Gasteiger charge is 2.40. The summed E-state index contributed by atoms with van der Waals surface area (Å²) < 4.78 is 24.2. The Morgan fingerprint density at radius 1 is 0.792 bits per heavy atom. The molecule has 0 aliphatic carbocycles. The van der Waals surface area contributed by atoms with Crippen molar-refractivity contribution < 1.29 is 28.5 Å². The van der Waals surface area contributed by atoms with Crippen LogP contribution in [0.1, 0.15) is 188 Å². The second-order valence-corrected chi connectivity index (χ2v) is 15.7. The average Bonchev–Trinajstić information content (AvgIpc) is 3.56. The quantitative estimate of drug-likeness (QED) is 0.0363. The lowest BCUT2D eigenvalue weighted by atomic mass is 9.98. The third kappa shape index (κ3) is 27.2. The van der Waals surface area contributed by atoms with Gasteiger partial charge in [0.05, 0.1) is 25.9 Å². The van der Waals surface area contributed by atoms with Crippen LogP contribution in [-0.2, 0) is 28.5 Å². The van der Waals surface area contributed by atoms with Crippen LogP contribution in [0.15, 0.2) is 29.8 Å². The molecule has 1 saturated heterocycles. The van der Waals surface area contributed by atoms with Crippen molar-refractivity contribution in [2.45, 2.75) is 200 Å². The molecule has 4 unspecified atom stereocenters. The largest absolute Gasteiger partial charge is 0.466 e. The predicted molar refractivity (Wildman–Crippen MR) is 219 cm³/mol. The van der Waals surface area contributed by atoms with Crippen molar-refractivity contribution in [2.24, 2.45) is 11.8 Å². The van der Waals surface area contributed by atoms with Crippen molar-refractivity contribution in [3.05, 3.63) is 29.8 Å². The van der Waals surface area contributed by atoms with Crippen LogP contribution in [0.2, 0.25) is 0 Å². The molecule has 0 spiro atoms. The topological polar surface area (TPSA) is 74.3 Å². The zero-order valence-corrected chi connectivity index (χ0v) is 35.1. The molecule has 306 valence electrons. The molecule has 7 nitrogen and oxygen atoms in total. The zero-order valence-electron chi connectivity index (χ0n) is 35.1. The lowest BCUT2D eigenvalue weighted by Gasteiger charge is -2.29. The van der Waals surface area contributed by atoms with Crippen molar-refractivity contribution in [1.82, 2.24) is 4.90 Å². The molecule has 0 aromatic rings. The van der Waals surface area contributed by atoms with E-state index in [4.69, 9.17) is 18.9 Å². The Balaban J connectivity index is 2.33. The molecule has 53 heavy (non-hydrogen) atoms. The van der Waals surface area contributed by atoms with E-state index in [1.54, 1.807) is 0 Å². The van der Waals surface area contributed by atoms with Crippen LogP contribution < -0.4 is 0 Å². The summed E-state index contributed by atoms with van der Waals surface area (Å²) in [5, 5.41) is 0. The first-order chi connectivity index (χ1) is 25.8. The van der Waals surface area contributed by atoms with E-state index in [0.29, 0.717) is 44.5 Å². The molecule has 1 rings (SSSR count). The fourth-order valence-corrected chi connectivity index (χ4v) is 6.96. The van der Waals surface area contributed by atoms with E-state index in [9.17, 15) is 9.59 Å². The lowest BCUT2D eigenvalue weighted by Crippen LogP contribution is -2.32. The van der Waals surface area contributed by atoms with E-state index in [-0.39, 0.29) is 18.0 Å². The van der Waals surface area contributed by atoms with Gasteiger partial charge in [0.25, 0.3) is 0 Å². The van der Waals surface area contributed by atoms with E-state index in [2.05, 4.69) is 63.4 Å². The first-order valence-corrected chi connectivity index (χ1v) is 21.9. The van der Waals surface area contributed by atoms with Gasteiger partial charge in [-0.15, -0.1) is 0 Å². The molecule has 0 saturated carbocycles. The normalized spacial score (nSPS) is 17.9. The molecule has 1 aliphatic rings. The summed E-state index contributed by atoms with van der Waals surface area (Å²) in [6.07, 6.45) is 27.9. The molecule has 4 atom stereocenters. The fourth-order valence-electron chi connectivity index (χ4n) is 6.96. The van der Waals surface area contributed by atoms with Crippen molar-refractivity contribution in [3.63, 3.8) is 0 Å². The standard InChI is InChI=1S/C46H81NO6/c1-7-11-20-27-41(5)33-38-50-44(48)30-23-16-14-18-25-35-46(52-40-43(53-46)32-37-47(6)10-4)36-26-19-15-17-24-31-45(49)51-39-34-42(28-21-12-8-2)29-22-13-9-3/h28,41-43H,2,7,9-11,13-20,22-27,29-40H2,1,3-6H3. The summed E-state index contributed by atoms with van der Waals surface area (Å²) in [6, 6.07) is 0. The van der Waals surface area contributed by atoms with Crippen LogP contribution in [-0.4, -0.2) is 68.7 Å². The number of carbonyl (C=O) groups is 2. The fraction of sp³-hybridized carbons (Fsp3) is 0.848. The molecule has 0 bridgehead atoms. The summed E-state index contributed by atoms with van der Waals surface area (Å²) in [6.45, 7) is 16.2. The highest BCUT2D eigenvalue weighted by molar-refractivity contribution is 5.69. The van der Waals surface area contributed by atoms with Crippen LogP contribution in [0.5, 0.6) is 0 Å². The Hall–Kier alpha value is -2.10. The van der Waals surface area contributed by atoms with Crippen molar-refractivity contribution in [3.8, 4) is 0 Å². The molecule has 0 N–H and O–H groups in total. The third-order valence-electron chi connectivity index (χ3n) is 10.7. The first kappa shape index (κ1) is 48.9. The minimum atomic E-state index is -0.474. The average molecular weight is 744 g/mol. The molecular formula is C46H81NO6. The Kier molecular flexibility index (Phi) is 30.7. The van der Waals surface area contributed by atoms with Crippen LogP contribution in [0.25, 0.3) is 0 Å². The van der Waals surface area contributed by atoms with Gasteiger partial charge >= 0.3 is 11.9 Å². The van der Waals surface area contributed by atoms with Gasteiger partial charge in [0.1, 0.15) is 0 Å². The van der Waals surface area contributed by atoms with Gasteiger partial charge in [-0.25, -0.2) is 0 Å². The number of allylic oxidation sites excluding steroid dienone is 1. The number of hydrogen-bond acceptors (Lipinski definition) is 7. The second-order valence-electron chi connectivity index (χ2n) is 15.7. The van der Waals surface area contributed by atoms with E-state index < -0.39 is 5.79 Å². The van der Waals surface area contributed by atoms with Crippen LogP contribution >= 0.6 is 0 Å². The highest BCUT2D eigenvalue weighted by atomic mass is 16.7. The number of hydrogen-bond donors (Lipinski definition) is 0. The van der Waals surface area contributed by atoms with Crippen molar-refractivity contribution >= 4 is 11.9 Å². The monoisotopic (exact) mass is 744 g/mol. The van der Waals surface area contributed by atoms with Gasteiger partial charge in [0, 0.05) is 32.2 Å². The van der Waals surface area contributed by atoms with Gasteiger partial charge < -0.3 is 23.8 Å². The molecule has 0 aromatic carbocycles. The molecule has 1 aliphatic heterocycles. The zero-order chi connectivity index (χ0) is 38.8. The van der Waals surface area contributed by atoms with Crippen molar-refractivity contribution in [2.75, 3.05) is 40.0 Å². The molecule has 0 aromatic heterocycles. The highest BCUT2D eigenvalue weighted by Crippen LogP contribution is 2.35. The number of esters is 2.